The number of benzene rings is 2. The summed E-state index contributed by atoms with van der Waals surface area (Å²) in [5.74, 6) is -0.525. The first kappa shape index (κ1) is 27.2. The number of nitrogens with one attached hydrogen (secondary N) is 1. The van der Waals surface area contributed by atoms with Gasteiger partial charge >= 0.3 is 6.18 Å². The van der Waals surface area contributed by atoms with Crippen molar-refractivity contribution in [2.75, 3.05) is 23.8 Å². The number of aromatic nitrogens is 2. The van der Waals surface area contributed by atoms with Gasteiger partial charge in [0.1, 0.15) is 12.4 Å². The van der Waals surface area contributed by atoms with Crippen LogP contribution in [-0.4, -0.2) is 34.9 Å². The van der Waals surface area contributed by atoms with Crippen LogP contribution in [0.15, 0.2) is 46.2 Å². The predicted molar refractivity (Wildman–Crippen MR) is 141 cm³/mol. The van der Waals surface area contributed by atoms with Crippen LogP contribution in [0.3, 0.4) is 0 Å². The van der Waals surface area contributed by atoms with Crippen LogP contribution in [0, 0.1) is 6.92 Å². The molecule has 1 aromatic heterocycles. The van der Waals surface area contributed by atoms with Crippen LogP contribution in [0.2, 0.25) is 5.02 Å². The molecular formula is C26H26ClF3N6O2. The zero-order chi connectivity index (χ0) is 27.8. The molecule has 8 nitrogen and oxygen atoms in total. The number of nitrogens with zero attached hydrogens (tertiary/aromatic N) is 4. The number of nitrogens with two attached hydrogens (primary N) is 1. The van der Waals surface area contributed by atoms with E-state index < -0.39 is 23.2 Å². The molecule has 2 heterocycles. The van der Waals surface area contributed by atoms with Gasteiger partial charge in [0, 0.05) is 36.1 Å². The first-order chi connectivity index (χ1) is 17.9. The third kappa shape index (κ3) is 5.52. The lowest BCUT2D eigenvalue weighted by atomic mass is 10.1. The number of amides is 1. The van der Waals surface area contributed by atoms with Crippen molar-refractivity contribution in [1.29, 1.82) is 0 Å². The number of carbonyl (C=O) groups is 1. The van der Waals surface area contributed by atoms with Crippen LogP contribution in [0.1, 0.15) is 34.9 Å². The molecule has 0 fully saturated rings. The number of hydrogen-bond acceptors (Lipinski definition) is 5. The molecule has 1 aliphatic rings. The maximum atomic E-state index is 13.0. The zero-order valence-corrected chi connectivity index (χ0v) is 21.7. The molecule has 0 aliphatic carbocycles. The number of alkyl halides is 3. The molecular weight excluding hydrogens is 521 g/mol. The Morgan fingerprint density at radius 2 is 1.97 bits per heavy atom. The molecule has 38 heavy (non-hydrogen) atoms. The van der Waals surface area contributed by atoms with Crippen LogP contribution >= 0.6 is 11.6 Å². The molecule has 0 bridgehead atoms. The van der Waals surface area contributed by atoms with Gasteiger partial charge in [-0.05, 0) is 61.7 Å². The molecule has 4 rings (SSSR count). The summed E-state index contributed by atoms with van der Waals surface area (Å²) in [4.78, 5) is 36.1. The lowest BCUT2D eigenvalue weighted by Crippen LogP contribution is -2.27. The Morgan fingerprint density at radius 3 is 2.63 bits per heavy atom. The molecule has 2 aromatic carbocycles. The monoisotopic (exact) mass is 546 g/mol. The molecule has 1 amide bonds. The summed E-state index contributed by atoms with van der Waals surface area (Å²) < 4.78 is 40.3. The van der Waals surface area contributed by atoms with Gasteiger partial charge in [0.2, 0.25) is 11.9 Å². The van der Waals surface area contributed by atoms with Crippen LogP contribution in [0.25, 0.3) is 0 Å². The predicted octanol–water partition coefficient (Wildman–Crippen LogP) is 4.45. The van der Waals surface area contributed by atoms with Gasteiger partial charge in [-0.25, -0.2) is 0 Å². The molecule has 0 atom stereocenters. The first-order valence-electron chi connectivity index (χ1n) is 11.8. The fourth-order valence-electron chi connectivity index (χ4n) is 4.41. The summed E-state index contributed by atoms with van der Waals surface area (Å²) in [6.07, 6.45) is -3.30. The quantitative estimate of drug-likeness (QED) is 0.351. The SMILES string of the molecule is CCc1c(C)c(=O)nc(/N=C(\N)c2ccc3c(c2)CCN3C)n1CC(=O)Nc1ccc(C(F)(F)F)cc1Cl. The van der Waals surface area contributed by atoms with E-state index in [1.807, 2.05) is 32.2 Å². The molecule has 3 aromatic rings. The molecule has 0 saturated carbocycles. The van der Waals surface area contributed by atoms with Gasteiger partial charge in [-0.2, -0.15) is 23.1 Å². The number of aliphatic imine (C=N–C) groups is 1. The third-order valence-electron chi connectivity index (χ3n) is 6.45. The fourth-order valence-corrected chi connectivity index (χ4v) is 4.64. The van der Waals surface area contributed by atoms with Crippen molar-refractivity contribution in [3.63, 3.8) is 0 Å². The number of carbonyl (C=O) groups excluding carboxylic acids is 1. The second-order valence-corrected chi connectivity index (χ2v) is 9.39. The lowest BCUT2D eigenvalue weighted by Gasteiger charge is -2.17. The topological polar surface area (TPSA) is 106 Å². The number of halogens is 4. The van der Waals surface area contributed by atoms with Crippen molar-refractivity contribution in [2.45, 2.75) is 39.4 Å². The van der Waals surface area contributed by atoms with E-state index in [0.29, 0.717) is 23.2 Å². The van der Waals surface area contributed by atoms with Gasteiger partial charge in [-0.1, -0.05) is 18.5 Å². The Bertz CT molecular complexity index is 1500. The maximum Gasteiger partial charge on any atom is 0.416 e. The van der Waals surface area contributed by atoms with Gasteiger partial charge in [-0.3, -0.25) is 9.59 Å². The fraction of sp³-hybridized carbons (Fsp3) is 0.308. The highest BCUT2D eigenvalue weighted by Crippen LogP contribution is 2.34. The number of rotatable bonds is 6. The third-order valence-corrected chi connectivity index (χ3v) is 6.77. The highest BCUT2D eigenvalue weighted by atomic mass is 35.5. The molecule has 3 N–H and O–H groups in total. The minimum Gasteiger partial charge on any atom is -0.383 e. The number of likely N-dealkylation sites (N-methyl/N-ethyl adjacent to an activating group) is 1. The van der Waals surface area contributed by atoms with E-state index in [1.54, 1.807) is 6.92 Å². The summed E-state index contributed by atoms with van der Waals surface area (Å²) in [7, 11) is 2.01. The Balaban J connectivity index is 1.67. The largest absolute Gasteiger partial charge is 0.416 e. The minimum atomic E-state index is -4.57. The van der Waals surface area contributed by atoms with Gasteiger partial charge in [0.25, 0.3) is 5.56 Å². The van der Waals surface area contributed by atoms with Gasteiger partial charge in [0.15, 0.2) is 0 Å². The molecule has 0 saturated heterocycles. The summed E-state index contributed by atoms with van der Waals surface area (Å²) in [5.41, 5.74) is 8.66. The van der Waals surface area contributed by atoms with Crippen LogP contribution in [0.4, 0.5) is 30.5 Å². The van der Waals surface area contributed by atoms with Crippen molar-refractivity contribution in [1.82, 2.24) is 9.55 Å². The molecule has 1 aliphatic heterocycles. The van der Waals surface area contributed by atoms with Crippen molar-refractivity contribution < 1.29 is 18.0 Å². The van der Waals surface area contributed by atoms with Crippen LogP contribution in [-0.2, 0) is 30.4 Å². The van der Waals surface area contributed by atoms with Crippen molar-refractivity contribution in [3.8, 4) is 0 Å². The second-order valence-electron chi connectivity index (χ2n) is 8.98. The summed E-state index contributed by atoms with van der Waals surface area (Å²) in [6.45, 7) is 3.99. The zero-order valence-electron chi connectivity index (χ0n) is 21.0. The summed E-state index contributed by atoms with van der Waals surface area (Å²) in [5, 5.41) is 2.26. The van der Waals surface area contributed by atoms with Gasteiger partial charge < -0.3 is 20.5 Å². The van der Waals surface area contributed by atoms with Gasteiger partial charge in [-0.15, -0.1) is 0 Å². The molecule has 200 valence electrons. The summed E-state index contributed by atoms with van der Waals surface area (Å²) >= 11 is 5.99. The Morgan fingerprint density at radius 1 is 1.24 bits per heavy atom. The van der Waals surface area contributed by atoms with E-state index in [2.05, 4.69) is 20.2 Å². The van der Waals surface area contributed by atoms with Crippen molar-refractivity contribution in [3.05, 3.63) is 79.7 Å². The Hall–Kier alpha value is -3.86. The summed E-state index contributed by atoms with van der Waals surface area (Å²) in [6, 6.07) is 8.37. The Labute approximate surface area is 222 Å². The second kappa shape index (κ2) is 10.5. The highest BCUT2D eigenvalue weighted by Gasteiger charge is 2.31. The number of fused-ring (bicyclic) bond motifs is 1. The highest BCUT2D eigenvalue weighted by molar-refractivity contribution is 6.33. The van der Waals surface area contributed by atoms with E-state index in [1.165, 1.54) is 4.57 Å². The average Bonchev–Trinajstić information content (AvgIpc) is 3.23. The van der Waals surface area contributed by atoms with Crippen molar-refractivity contribution >= 4 is 40.7 Å². The minimum absolute atomic E-state index is 0.0149. The lowest BCUT2D eigenvalue weighted by molar-refractivity contribution is -0.137. The Kier molecular flexibility index (Phi) is 7.50. The van der Waals surface area contributed by atoms with Crippen molar-refractivity contribution in [2.24, 2.45) is 10.7 Å². The van der Waals surface area contributed by atoms with E-state index in [0.717, 1.165) is 42.4 Å². The first-order valence-corrected chi connectivity index (χ1v) is 12.2. The van der Waals surface area contributed by atoms with Gasteiger partial charge in [0.05, 0.1) is 16.3 Å². The van der Waals surface area contributed by atoms with E-state index >= 15 is 0 Å². The van der Waals surface area contributed by atoms with E-state index in [-0.39, 0.29) is 29.0 Å². The van der Waals surface area contributed by atoms with E-state index in [9.17, 15) is 22.8 Å². The number of anilines is 2. The standard InChI is InChI=1S/C26H26ClF3N6O2/c1-4-20-14(2)24(38)34-25(33-23(31)16-5-8-21-15(11-16)9-10-35(21)3)36(20)13-22(37)32-19-7-6-17(12-18(19)27)26(28,29)30/h5-8,11-12H,4,9-10,13H2,1-3H3,(H,32,37)(H2,31,33,34,38). The molecule has 0 spiro atoms. The molecule has 12 heteroatoms. The smallest absolute Gasteiger partial charge is 0.383 e. The van der Waals surface area contributed by atoms with Crippen LogP contribution < -0.4 is 21.5 Å². The average molecular weight is 547 g/mol. The molecule has 0 unspecified atom stereocenters. The number of hydrogen-bond donors (Lipinski definition) is 2. The van der Waals surface area contributed by atoms with Crippen LogP contribution in [0.5, 0.6) is 0 Å². The number of amidine groups is 1. The molecule has 0 radical (unpaired) electrons. The van der Waals surface area contributed by atoms with E-state index in [4.69, 9.17) is 17.3 Å². The maximum absolute atomic E-state index is 13.0. The normalized spacial score (nSPS) is 13.6.